The van der Waals surface area contributed by atoms with E-state index in [4.69, 9.17) is 0 Å². The molecule has 0 atom stereocenters. The minimum absolute atomic E-state index is 0.398. The molecule has 1 nitrogen and oxygen atoms in total. The fourth-order valence-electron chi connectivity index (χ4n) is 1.39. The van der Waals surface area contributed by atoms with Gasteiger partial charge in [0.05, 0.1) is 5.69 Å². The van der Waals surface area contributed by atoms with Crippen molar-refractivity contribution < 1.29 is 13.2 Å². The monoisotopic (exact) mass is 321 g/mol. The molecule has 0 fully saturated rings. The summed E-state index contributed by atoms with van der Waals surface area (Å²) in [5, 5.41) is -0.798. The standard InChI is InChI=1S/C11H7BrF3NS/c1-6-9(7-2-4-8(12)5-3-7)16-10(17-6)11(13,14)15/h2-5H,1H3. The molecule has 2 aromatic rings. The van der Waals surface area contributed by atoms with Crippen LogP contribution in [-0.4, -0.2) is 4.98 Å². The Morgan fingerprint density at radius 1 is 1.18 bits per heavy atom. The summed E-state index contributed by atoms with van der Waals surface area (Å²) in [6.45, 7) is 1.64. The first kappa shape index (κ1) is 12.6. The van der Waals surface area contributed by atoms with Crippen LogP contribution < -0.4 is 0 Å². The Bertz CT molecular complexity index is 531. The van der Waals surface area contributed by atoms with Crippen molar-refractivity contribution in [2.24, 2.45) is 0 Å². The van der Waals surface area contributed by atoms with Crippen molar-refractivity contribution in [3.63, 3.8) is 0 Å². The zero-order valence-corrected chi connectivity index (χ0v) is 11.1. The molecule has 0 aliphatic heterocycles. The van der Waals surface area contributed by atoms with Gasteiger partial charge >= 0.3 is 6.18 Å². The number of rotatable bonds is 1. The Balaban J connectivity index is 2.46. The Morgan fingerprint density at radius 2 is 1.76 bits per heavy atom. The highest BCUT2D eigenvalue weighted by molar-refractivity contribution is 9.10. The second-order valence-electron chi connectivity index (χ2n) is 3.43. The highest BCUT2D eigenvalue weighted by atomic mass is 79.9. The molecule has 0 saturated heterocycles. The van der Waals surface area contributed by atoms with Crippen LogP contribution in [0.2, 0.25) is 0 Å². The van der Waals surface area contributed by atoms with Crippen LogP contribution in [-0.2, 0) is 6.18 Å². The van der Waals surface area contributed by atoms with Crippen LogP contribution in [0.25, 0.3) is 11.3 Å². The summed E-state index contributed by atoms with van der Waals surface area (Å²) in [7, 11) is 0. The van der Waals surface area contributed by atoms with Crippen LogP contribution in [0, 0.1) is 6.92 Å². The van der Waals surface area contributed by atoms with Gasteiger partial charge in [0.25, 0.3) is 0 Å². The molecular weight excluding hydrogens is 315 g/mol. The Hall–Kier alpha value is -0.880. The van der Waals surface area contributed by atoms with Crippen molar-refractivity contribution in [1.82, 2.24) is 4.98 Å². The van der Waals surface area contributed by atoms with Gasteiger partial charge in [0, 0.05) is 14.9 Å². The number of hydrogen-bond acceptors (Lipinski definition) is 2. The minimum atomic E-state index is -4.37. The van der Waals surface area contributed by atoms with E-state index in [9.17, 15) is 13.2 Å². The van der Waals surface area contributed by atoms with Gasteiger partial charge in [0.2, 0.25) is 0 Å². The minimum Gasteiger partial charge on any atom is -0.232 e. The summed E-state index contributed by atoms with van der Waals surface area (Å²) in [6, 6.07) is 7.04. The first-order valence-corrected chi connectivity index (χ1v) is 6.29. The molecule has 90 valence electrons. The molecule has 1 heterocycles. The SMILES string of the molecule is Cc1sc(C(F)(F)F)nc1-c1ccc(Br)cc1. The number of halogens is 4. The fraction of sp³-hybridized carbons (Fsp3) is 0.182. The predicted octanol–water partition coefficient (Wildman–Crippen LogP) is 4.90. The van der Waals surface area contributed by atoms with Gasteiger partial charge in [0.1, 0.15) is 0 Å². The molecule has 6 heteroatoms. The third-order valence-corrected chi connectivity index (χ3v) is 3.70. The number of hydrogen-bond donors (Lipinski definition) is 0. The van der Waals surface area contributed by atoms with Crippen LogP contribution >= 0.6 is 27.3 Å². The second kappa shape index (κ2) is 4.42. The lowest BCUT2D eigenvalue weighted by atomic mass is 10.1. The lowest BCUT2D eigenvalue weighted by Gasteiger charge is -2.00. The molecule has 0 aliphatic rings. The van der Waals surface area contributed by atoms with Crippen LogP contribution in [0.15, 0.2) is 28.7 Å². The van der Waals surface area contributed by atoms with Crippen LogP contribution in [0.1, 0.15) is 9.88 Å². The molecule has 17 heavy (non-hydrogen) atoms. The van der Waals surface area contributed by atoms with E-state index in [1.165, 1.54) is 0 Å². The number of aromatic nitrogens is 1. The van der Waals surface area contributed by atoms with Crippen LogP contribution in [0.5, 0.6) is 0 Å². The topological polar surface area (TPSA) is 12.9 Å². The Kier molecular flexibility index (Phi) is 3.27. The molecule has 2 rings (SSSR count). The van der Waals surface area contributed by atoms with Crippen molar-refractivity contribution in [3.8, 4) is 11.3 Å². The van der Waals surface area contributed by atoms with E-state index in [-0.39, 0.29) is 0 Å². The molecule has 1 aromatic carbocycles. The highest BCUT2D eigenvalue weighted by Crippen LogP contribution is 2.37. The van der Waals surface area contributed by atoms with Gasteiger partial charge in [-0.15, -0.1) is 11.3 Å². The predicted molar refractivity (Wildman–Crippen MR) is 65.0 cm³/mol. The van der Waals surface area contributed by atoms with Gasteiger partial charge in [-0.05, 0) is 19.1 Å². The number of nitrogens with zero attached hydrogens (tertiary/aromatic N) is 1. The van der Waals surface area contributed by atoms with E-state index in [1.54, 1.807) is 31.2 Å². The third-order valence-electron chi connectivity index (χ3n) is 2.16. The van der Waals surface area contributed by atoms with E-state index in [1.807, 2.05) is 0 Å². The van der Waals surface area contributed by atoms with Gasteiger partial charge in [-0.3, -0.25) is 0 Å². The summed E-state index contributed by atoms with van der Waals surface area (Å²) < 4.78 is 38.4. The van der Waals surface area contributed by atoms with E-state index >= 15 is 0 Å². The lowest BCUT2D eigenvalue weighted by Crippen LogP contribution is -2.03. The van der Waals surface area contributed by atoms with Crippen molar-refractivity contribution in [2.45, 2.75) is 13.1 Å². The molecule has 0 N–H and O–H groups in total. The Morgan fingerprint density at radius 3 is 2.24 bits per heavy atom. The number of aryl methyl sites for hydroxylation is 1. The van der Waals surface area contributed by atoms with E-state index in [0.29, 0.717) is 27.5 Å². The molecule has 0 saturated carbocycles. The van der Waals surface area contributed by atoms with E-state index in [2.05, 4.69) is 20.9 Å². The largest absolute Gasteiger partial charge is 0.443 e. The van der Waals surface area contributed by atoms with Crippen LogP contribution in [0.3, 0.4) is 0 Å². The third kappa shape index (κ3) is 2.69. The number of thiazole rings is 1. The number of benzene rings is 1. The fourth-order valence-corrected chi connectivity index (χ4v) is 2.46. The summed E-state index contributed by atoms with van der Waals surface area (Å²) in [5.74, 6) is 0. The van der Waals surface area contributed by atoms with Gasteiger partial charge in [-0.1, -0.05) is 28.1 Å². The maximum atomic E-state index is 12.5. The zero-order chi connectivity index (χ0) is 12.6. The molecular formula is C11H7BrF3NS. The lowest BCUT2D eigenvalue weighted by molar-refractivity contribution is -0.137. The first-order chi connectivity index (χ1) is 7.88. The smallest absolute Gasteiger partial charge is 0.232 e. The molecule has 0 bridgehead atoms. The zero-order valence-electron chi connectivity index (χ0n) is 8.68. The summed E-state index contributed by atoms with van der Waals surface area (Å²) in [6.07, 6.45) is -4.37. The van der Waals surface area contributed by atoms with Crippen molar-refractivity contribution in [2.75, 3.05) is 0 Å². The molecule has 1 aromatic heterocycles. The van der Waals surface area contributed by atoms with E-state index in [0.717, 1.165) is 4.47 Å². The summed E-state index contributed by atoms with van der Waals surface area (Å²) in [5.41, 5.74) is 1.09. The maximum absolute atomic E-state index is 12.5. The molecule has 0 radical (unpaired) electrons. The average molecular weight is 322 g/mol. The molecule has 0 spiro atoms. The first-order valence-electron chi connectivity index (χ1n) is 4.68. The normalized spacial score (nSPS) is 11.8. The average Bonchev–Trinajstić information content (AvgIpc) is 2.61. The quantitative estimate of drug-likeness (QED) is 0.728. The number of alkyl halides is 3. The molecule has 0 amide bonds. The summed E-state index contributed by atoms with van der Waals surface area (Å²) >= 11 is 3.95. The van der Waals surface area contributed by atoms with Crippen molar-refractivity contribution in [1.29, 1.82) is 0 Å². The maximum Gasteiger partial charge on any atom is 0.443 e. The van der Waals surface area contributed by atoms with Crippen molar-refractivity contribution >= 4 is 27.3 Å². The Labute approximate surface area is 108 Å². The molecule has 0 unspecified atom stereocenters. The molecule has 0 aliphatic carbocycles. The van der Waals surface area contributed by atoms with Gasteiger partial charge < -0.3 is 0 Å². The second-order valence-corrected chi connectivity index (χ2v) is 5.55. The summed E-state index contributed by atoms with van der Waals surface area (Å²) in [4.78, 5) is 4.23. The van der Waals surface area contributed by atoms with Gasteiger partial charge in [-0.25, -0.2) is 4.98 Å². The van der Waals surface area contributed by atoms with Crippen molar-refractivity contribution in [3.05, 3.63) is 38.6 Å². The van der Waals surface area contributed by atoms with Gasteiger partial charge in [-0.2, -0.15) is 13.2 Å². The van der Waals surface area contributed by atoms with Gasteiger partial charge in [0.15, 0.2) is 5.01 Å². The highest BCUT2D eigenvalue weighted by Gasteiger charge is 2.35. The van der Waals surface area contributed by atoms with Crippen LogP contribution in [0.4, 0.5) is 13.2 Å². The van der Waals surface area contributed by atoms with E-state index < -0.39 is 11.2 Å².